The number of nitrogens with zero attached hydrogens (tertiary/aromatic N) is 1. The summed E-state index contributed by atoms with van der Waals surface area (Å²) in [7, 11) is 3.27. The van der Waals surface area contributed by atoms with Gasteiger partial charge in [-0.1, -0.05) is 0 Å². The van der Waals surface area contributed by atoms with Gasteiger partial charge in [0.05, 0.1) is 12.7 Å². The van der Waals surface area contributed by atoms with Crippen LogP contribution in [0.25, 0.3) is 0 Å². The van der Waals surface area contributed by atoms with Gasteiger partial charge in [-0.25, -0.2) is 0 Å². The van der Waals surface area contributed by atoms with Crippen LogP contribution < -0.4 is 5.73 Å². The molecule has 1 saturated carbocycles. The maximum absolute atomic E-state index is 12.1. The summed E-state index contributed by atoms with van der Waals surface area (Å²) >= 11 is 0. The first-order valence-electron chi connectivity index (χ1n) is 6.22. The van der Waals surface area contributed by atoms with E-state index in [1.165, 1.54) is 7.11 Å². The first kappa shape index (κ1) is 14.4. The van der Waals surface area contributed by atoms with Crippen molar-refractivity contribution in [1.82, 2.24) is 4.90 Å². The summed E-state index contributed by atoms with van der Waals surface area (Å²) in [6, 6.07) is 0.253. The van der Waals surface area contributed by atoms with E-state index in [9.17, 15) is 9.90 Å². The van der Waals surface area contributed by atoms with E-state index in [0.717, 1.165) is 25.7 Å². The number of amides is 1. The van der Waals surface area contributed by atoms with E-state index in [2.05, 4.69) is 0 Å². The number of nitrogens with two attached hydrogens (primary N) is 1. The third-order valence-electron chi connectivity index (χ3n) is 3.34. The lowest BCUT2D eigenvalue weighted by Gasteiger charge is -2.29. The van der Waals surface area contributed by atoms with Crippen LogP contribution in [-0.2, 0) is 9.53 Å². The Morgan fingerprint density at radius 1 is 1.47 bits per heavy atom. The van der Waals surface area contributed by atoms with Crippen LogP contribution >= 0.6 is 0 Å². The highest BCUT2D eigenvalue weighted by atomic mass is 16.5. The third-order valence-corrected chi connectivity index (χ3v) is 3.34. The molecule has 0 aromatic carbocycles. The second-order valence-corrected chi connectivity index (χ2v) is 4.94. The summed E-state index contributed by atoms with van der Waals surface area (Å²) in [5.41, 5.74) is 5.81. The molecule has 100 valence electrons. The number of carbonyl (C=O) groups excluding carboxylic acids is 1. The van der Waals surface area contributed by atoms with Gasteiger partial charge in [-0.3, -0.25) is 4.79 Å². The zero-order valence-electron chi connectivity index (χ0n) is 10.8. The molecule has 0 heterocycles. The molecule has 1 unspecified atom stereocenters. The second kappa shape index (κ2) is 6.93. The van der Waals surface area contributed by atoms with E-state index in [1.54, 1.807) is 11.9 Å². The van der Waals surface area contributed by atoms with Crippen molar-refractivity contribution in [3.8, 4) is 0 Å². The fourth-order valence-corrected chi connectivity index (χ4v) is 2.33. The van der Waals surface area contributed by atoms with Crippen LogP contribution in [0.1, 0.15) is 25.7 Å². The van der Waals surface area contributed by atoms with Gasteiger partial charge in [0, 0.05) is 32.7 Å². The Morgan fingerprint density at radius 2 is 2.06 bits per heavy atom. The molecule has 1 aliphatic rings. The molecule has 5 nitrogen and oxygen atoms in total. The van der Waals surface area contributed by atoms with Crippen molar-refractivity contribution in [2.75, 3.05) is 27.3 Å². The standard InChI is InChI=1S/C12H24N2O3/c1-14(7-11(15)8-17-2)12(16)9-3-5-10(13)6-4-9/h9-11,15H,3-8,13H2,1-2H3. The van der Waals surface area contributed by atoms with E-state index >= 15 is 0 Å². The minimum atomic E-state index is -0.611. The van der Waals surface area contributed by atoms with Crippen molar-refractivity contribution in [3.05, 3.63) is 0 Å². The number of likely N-dealkylation sites (N-methyl/N-ethyl adjacent to an activating group) is 1. The Labute approximate surface area is 103 Å². The van der Waals surface area contributed by atoms with Crippen molar-refractivity contribution in [2.24, 2.45) is 11.7 Å². The van der Waals surface area contributed by atoms with Crippen LogP contribution in [0.5, 0.6) is 0 Å². The predicted octanol–water partition coefficient (Wildman–Crippen LogP) is -0.0304. The summed E-state index contributed by atoms with van der Waals surface area (Å²) in [4.78, 5) is 13.7. The molecule has 0 aromatic rings. The summed E-state index contributed by atoms with van der Waals surface area (Å²) < 4.78 is 4.84. The van der Waals surface area contributed by atoms with E-state index in [0.29, 0.717) is 6.54 Å². The van der Waals surface area contributed by atoms with Gasteiger partial charge in [0.2, 0.25) is 5.91 Å². The van der Waals surface area contributed by atoms with Crippen molar-refractivity contribution in [2.45, 2.75) is 37.8 Å². The van der Waals surface area contributed by atoms with Gasteiger partial charge < -0.3 is 20.5 Å². The molecular formula is C12H24N2O3. The molecule has 0 bridgehead atoms. The van der Waals surface area contributed by atoms with Crippen molar-refractivity contribution < 1.29 is 14.6 Å². The molecule has 1 amide bonds. The number of aliphatic hydroxyl groups is 1. The third kappa shape index (κ3) is 4.61. The number of hydrogen-bond acceptors (Lipinski definition) is 4. The first-order valence-corrected chi connectivity index (χ1v) is 6.22. The predicted molar refractivity (Wildman–Crippen MR) is 65.5 cm³/mol. The maximum atomic E-state index is 12.1. The van der Waals surface area contributed by atoms with Gasteiger partial charge in [0.15, 0.2) is 0 Å². The smallest absolute Gasteiger partial charge is 0.225 e. The second-order valence-electron chi connectivity index (χ2n) is 4.94. The molecule has 5 heteroatoms. The average Bonchev–Trinajstić information content (AvgIpc) is 2.29. The van der Waals surface area contributed by atoms with Crippen LogP contribution in [-0.4, -0.2) is 55.4 Å². The zero-order chi connectivity index (χ0) is 12.8. The van der Waals surface area contributed by atoms with Crippen LogP contribution in [0.3, 0.4) is 0 Å². The lowest BCUT2D eigenvalue weighted by molar-refractivity contribution is -0.137. The average molecular weight is 244 g/mol. The molecule has 1 fully saturated rings. The van der Waals surface area contributed by atoms with Crippen LogP contribution in [0, 0.1) is 5.92 Å². The number of ether oxygens (including phenoxy) is 1. The molecule has 3 N–H and O–H groups in total. The van der Waals surface area contributed by atoms with Gasteiger partial charge in [-0.2, -0.15) is 0 Å². The van der Waals surface area contributed by atoms with E-state index < -0.39 is 6.10 Å². The highest BCUT2D eigenvalue weighted by molar-refractivity contribution is 5.78. The lowest BCUT2D eigenvalue weighted by Crippen LogP contribution is -2.41. The van der Waals surface area contributed by atoms with Gasteiger partial charge in [0.25, 0.3) is 0 Å². The molecule has 1 rings (SSSR count). The molecule has 1 atom stereocenters. The SMILES string of the molecule is COCC(O)CN(C)C(=O)C1CCC(N)CC1. The zero-order valence-corrected chi connectivity index (χ0v) is 10.8. The Kier molecular flexibility index (Phi) is 5.88. The largest absolute Gasteiger partial charge is 0.389 e. The fourth-order valence-electron chi connectivity index (χ4n) is 2.33. The number of hydrogen-bond donors (Lipinski definition) is 2. The molecule has 0 spiro atoms. The molecule has 17 heavy (non-hydrogen) atoms. The minimum Gasteiger partial charge on any atom is -0.389 e. The maximum Gasteiger partial charge on any atom is 0.225 e. The Bertz CT molecular complexity index is 240. The van der Waals surface area contributed by atoms with Gasteiger partial charge in [-0.05, 0) is 25.7 Å². The molecular weight excluding hydrogens is 220 g/mol. The first-order chi connectivity index (χ1) is 8.04. The minimum absolute atomic E-state index is 0.0783. The normalized spacial score (nSPS) is 26.6. The van der Waals surface area contributed by atoms with Crippen LogP contribution in [0.4, 0.5) is 0 Å². The summed E-state index contributed by atoms with van der Waals surface area (Å²) in [5, 5.41) is 9.57. The lowest BCUT2D eigenvalue weighted by atomic mass is 9.85. The van der Waals surface area contributed by atoms with E-state index in [1.807, 2.05) is 0 Å². The summed E-state index contributed by atoms with van der Waals surface area (Å²) in [6.07, 6.45) is 2.96. The van der Waals surface area contributed by atoms with Crippen molar-refractivity contribution in [3.63, 3.8) is 0 Å². The van der Waals surface area contributed by atoms with E-state index in [4.69, 9.17) is 10.5 Å². The summed E-state index contributed by atoms with van der Waals surface area (Å²) in [6.45, 7) is 0.586. The van der Waals surface area contributed by atoms with Crippen molar-refractivity contribution in [1.29, 1.82) is 0 Å². The Hall–Kier alpha value is -0.650. The molecule has 0 aliphatic heterocycles. The highest BCUT2D eigenvalue weighted by Gasteiger charge is 2.27. The van der Waals surface area contributed by atoms with Gasteiger partial charge in [0.1, 0.15) is 0 Å². The molecule has 0 saturated heterocycles. The Morgan fingerprint density at radius 3 is 2.59 bits per heavy atom. The molecule has 0 radical (unpaired) electrons. The van der Waals surface area contributed by atoms with Crippen molar-refractivity contribution >= 4 is 5.91 Å². The van der Waals surface area contributed by atoms with Gasteiger partial charge >= 0.3 is 0 Å². The number of rotatable bonds is 5. The number of aliphatic hydroxyl groups excluding tert-OH is 1. The van der Waals surface area contributed by atoms with Crippen LogP contribution in [0.15, 0.2) is 0 Å². The number of methoxy groups -OCH3 is 1. The monoisotopic (exact) mass is 244 g/mol. The summed E-state index contributed by atoms with van der Waals surface area (Å²) in [5.74, 6) is 0.196. The number of carbonyl (C=O) groups is 1. The van der Waals surface area contributed by atoms with E-state index in [-0.39, 0.29) is 24.5 Å². The topological polar surface area (TPSA) is 75.8 Å². The molecule has 0 aromatic heterocycles. The Balaban J connectivity index is 2.35. The highest BCUT2D eigenvalue weighted by Crippen LogP contribution is 2.24. The van der Waals surface area contributed by atoms with Gasteiger partial charge in [-0.15, -0.1) is 0 Å². The molecule has 1 aliphatic carbocycles. The quantitative estimate of drug-likeness (QED) is 0.712. The van der Waals surface area contributed by atoms with Crippen LogP contribution in [0.2, 0.25) is 0 Å². The fraction of sp³-hybridized carbons (Fsp3) is 0.917.